The fraction of sp³-hybridized carbons (Fsp3) is 0. The van der Waals surface area contributed by atoms with E-state index in [1.807, 2.05) is 30.3 Å². The van der Waals surface area contributed by atoms with Crippen molar-refractivity contribution in [2.75, 3.05) is 0 Å². The van der Waals surface area contributed by atoms with Gasteiger partial charge in [0, 0.05) is 16.3 Å². The summed E-state index contributed by atoms with van der Waals surface area (Å²) in [5, 5.41) is 4.92. The van der Waals surface area contributed by atoms with E-state index < -0.39 is 0 Å². The van der Waals surface area contributed by atoms with Gasteiger partial charge in [-0.05, 0) is 52.2 Å². The third-order valence-electron chi connectivity index (χ3n) is 7.57. The predicted molar refractivity (Wildman–Crippen MR) is 162 cm³/mol. The van der Waals surface area contributed by atoms with Crippen LogP contribution in [0.2, 0.25) is 0 Å². The Kier molecular flexibility index (Phi) is 4.82. The topological polar surface area (TPSA) is 30.7 Å². The van der Waals surface area contributed by atoms with E-state index in [0.717, 1.165) is 44.7 Å². The van der Waals surface area contributed by atoms with Gasteiger partial charge in [-0.3, -0.25) is 4.57 Å². The molecule has 0 atom stereocenters. The Hall–Kier alpha value is -5.28. The van der Waals surface area contributed by atoms with E-state index in [2.05, 4.69) is 114 Å². The Labute approximate surface area is 225 Å². The Balaban J connectivity index is 1.49. The molecule has 3 nitrogen and oxygen atoms in total. The molecular weight excluding hydrogens is 474 g/mol. The normalized spacial score (nSPS) is 11.6. The largest absolute Gasteiger partial charge is 0.292 e. The lowest BCUT2D eigenvalue weighted by Crippen LogP contribution is -2.03. The Bertz CT molecular complexity index is 2170. The van der Waals surface area contributed by atoms with Gasteiger partial charge in [-0.25, -0.2) is 9.97 Å². The highest BCUT2D eigenvalue weighted by atomic mass is 15.1. The molecule has 8 rings (SSSR count). The highest BCUT2D eigenvalue weighted by molar-refractivity contribution is 6.21. The molecule has 0 spiro atoms. The minimum Gasteiger partial charge on any atom is -0.292 e. The van der Waals surface area contributed by atoms with Crippen molar-refractivity contribution in [3.8, 4) is 28.2 Å². The summed E-state index contributed by atoms with van der Waals surface area (Å²) in [6.07, 6.45) is 0. The molecule has 2 aromatic heterocycles. The monoisotopic (exact) mass is 497 g/mol. The Morgan fingerprint density at radius 1 is 0.436 bits per heavy atom. The Morgan fingerprint density at radius 3 is 1.97 bits per heavy atom. The Morgan fingerprint density at radius 2 is 1.10 bits per heavy atom. The van der Waals surface area contributed by atoms with E-state index in [-0.39, 0.29) is 0 Å². The van der Waals surface area contributed by atoms with E-state index in [1.54, 1.807) is 0 Å². The van der Waals surface area contributed by atoms with Gasteiger partial charge in [0.2, 0.25) is 0 Å². The average molecular weight is 498 g/mol. The van der Waals surface area contributed by atoms with Crippen LogP contribution >= 0.6 is 0 Å². The van der Waals surface area contributed by atoms with E-state index in [9.17, 15) is 0 Å². The number of hydrogen-bond acceptors (Lipinski definition) is 2. The van der Waals surface area contributed by atoms with Crippen molar-refractivity contribution in [3.05, 3.63) is 140 Å². The quantitative estimate of drug-likeness (QED) is 0.244. The van der Waals surface area contributed by atoms with Crippen molar-refractivity contribution < 1.29 is 0 Å². The maximum atomic E-state index is 5.28. The molecule has 8 aromatic rings. The van der Waals surface area contributed by atoms with Gasteiger partial charge in [0.1, 0.15) is 5.69 Å². The first-order valence-corrected chi connectivity index (χ1v) is 13.2. The third kappa shape index (κ3) is 3.44. The molecule has 0 radical (unpaired) electrons. The average Bonchev–Trinajstić information content (AvgIpc) is 3.36. The standard InChI is InChI=1S/C36H23N3/c1-2-11-24(12-3-1)26-14-10-15-27(23-26)35-36(38-31-19-8-7-18-30(31)37-35)39-32-20-9-6-17-29(32)34-28-16-5-4-13-25(28)21-22-33(34)39/h1-23H. The SMILES string of the molecule is c1ccc(-c2cccc(-c3nc4ccccc4nc3-n3c4ccccc4c4c5ccccc5ccc43)c2)cc1. The molecule has 6 aromatic carbocycles. The predicted octanol–water partition coefficient (Wildman–Crippen LogP) is 9.21. The minimum atomic E-state index is 0.834. The number of rotatable bonds is 3. The fourth-order valence-corrected chi connectivity index (χ4v) is 5.78. The van der Waals surface area contributed by atoms with Crippen molar-refractivity contribution in [1.82, 2.24) is 14.5 Å². The van der Waals surface area contributed by atoms with Crippen LogP contribution in [0.15, 0.2) is 140 Å². The van der Waals surface area contributed by atoms with Crippen LogP contribution in [0, 0.1) is 0 Å². The summed E-state index contributed by atoms with van der Waals surface area (Å²) >= 11 is 0. The second-order valence-corrected chi connectivity index (χ2v) is 9.86. The molecule has 3 heteroatoms. The van der Waals surface area contributed by atoms with Crippen molar-refractivity contribution >= 4 is 43.6 Å². The molecule has 2 heterocycles. The van der Waals surface area contributed by atoms with Crippen LogP contribution < -0.4 is 0 Å². The lowest BCUT2D eigenvalue weighted by Gasteiger charge is -2.14. The first-order valence-electron chi connectivity index (χ1n) is 13.2. The summed E-state index contributed by atoms with van der Waals surface area (Å²) in [4.78, 5) is 10.5. The van der Waals surface area contributed by atoms with Crippen LogP contribution in [0.3, 0.4) is 0 Å². The molecule has 182 valence electrons. The van der Waals surface area contributed by atoms with Crippen molar-refractivity contribution in [1.29, 1.82) is 0 Å². The van der Waals surface area contributed by atoms with Crippen LogP contribution in [0.25, 0.3) is 71.8 Å². The van der Waals surface area contributed by atoms with Crippen LogP contribution in [0.1, 0.15) is 0 Å². The number of hydrogen-bond donors (Lipinski definition) is 0. The maximum absolute atomic E-state index is 5.28. The molecule has 0 saturated heterocycles. The molecule has 0 N–H and O–H groups in total. The van der Waals surface area contributed by atoms with E-state index >= 15 is 0 Å². The second kappa shape index (κ2) is 8.64. The van der Waals surface area contributed by atoms with Gasteiger partial charge in [0.15, 0.2) is 5.82 Å². The maximum Gasteiger partial charge on any atom is 0.165 e. The molecule has 0 aliphatic carbocycles. The second-order valence-electron chi connectivity index (χ2n) is 9.86. The van der Waals surface area contributed by atoms with E-state index in [4.69, 9.17) is 9.97 Å². The molecular formula is C36H23N3. The zero-order valence-electron chi connectivity index (χ0n) is 21.1. The number of fused-ring (bicyclic) bond motifs is 6. The van der Waals surface area contributed by atoms with Gasteiger partial charge in [-0.15, -0.1) is 0 Å². The van der Waals surface area contributed by atoms with Crippen molar-refractivity contribution in [2.45, 2.75) is 0 Å². The molecule has 0 unspecified atom stereocenters. The zero-order chi connectivity index (χ0) is 25.8. The van der Waals surface area contributed by atoms with E-state index in [0.29, 0.717) is 0 Å². The van der Waals surface area contributed by atoms with Crippen LogP contribution in [0.5, 0.6) is 0 Å². The van der Waals surface area contributed by atoms with Gasteiger partial charge in [-0.1, -0.05) is 109 Å². The first kappa shape index (κ1) is 21.8. The highest BCUT2D eigenvalue weighted by Gasteiger charge is 2.20. The number of nitrogens with zero attached hydrogens (tertiary/aromatic N) is 3. The molecule has 0 aliphatic heterocycles. The smallest absolute Gasteiger partial charge is 0.165 e. The van der Waals surface area contributed by atoms with Gasteiger partial charge in [-0.2, -0.15) is 0 Å². The van der Waals surface area contributed by atoms with Crippen LogP contribution in [-0.4, -0.2) is 14.5 Å². The molecule has 0 bridgehead atoms. The molecule has 0 saturated carbocycles. The summed E-state index contributed by atoms with van der Waals surface area (Å²) in [5.74, 6) is 0.834. The van der Waals surface area contributed by atoms with Crippen molar-refractivity contribution in [2.24, 2.45) is 0 Å². The van der Waals surface area contributed by atoms with Crippen LogP contribution in [0.4, 0.5) is 0 Å². The highest BCUT2D eigenvalue weighted by Crippen LogP contribution is 2.39. The van der Waals surface area contributed by atoms with Crippen molar-refractivity contribution in [3.63, 3.8) is 0 Å². The summed E-state index contributed by atoms with van der Waals surface area (Å²) in [6.45, 7) is 0. The molecule has 39 heavy (non-hydrogen) atoms. The summed E-state index contributed by atoms with van der Waals surface area (Å²) in [5.41, 5.74) is 8.24. The number of para-hydroxylation sites is 3. The van der Waals surface area contributed by atoms with Gasteiger partial charge >= 0.3 is 0 Å². The molecule has 0 aliphatic rings. The number of benzene rings is 6. The summed E-state index contributed by atoms with van der Waals surface area (Å²) in [6, 6.07) is 48.9. The summed E-state index contributed by atoms with van der Waals surface area (Å²) < 4.78 is 2.29. The number of aromatic nitrogens is 3. The van der Waals surface area contributed by atoms with Gasteiger partial charge < -0.3 is 0 Å². The third-order valence-corrected chi connectivity index (χ3v) is 7.57. The molecule has 0 fully saturated rings. The molecule has 0 amide bonds. The first-order chi connectivity index (χ1) is 19.3. The van der Waals surface area contributed by atoms with Crippen LogP contribution in [-0.2, 0) is 0 Å². The lowest BCUT2D eigenvalue weighted by atomic mass is 10.0. The fourth-order valence-electron chi connectivity index (χ4n) is 5.78. The lowest BCUT2D eigenvalue weighted by molar-refractivity contribution is 1.08. The summed E-state index contributed by atoms with van der Waals surface area (Å²) in [7, 11) is 0. The minimum absolute atomic E-state index is 0.834. The van der Waals surface area contributed by atoms with Gasteiger partial charge in [0.25, 0.3) is 0 Å². The zero-order valence-corrected chi connectivity index (χ0v) is 21.1. The van der Waals surface area contributed by atoms with Gasteiger partial charge in [0.05, 0.1) is 22.1 Å². The van der Waals surface area contributed by atoms with E-state index in [1.165, 1.54) is 27.1 Å².